The van der Waals surface area contributed by atoms with E-state index in [9.17, 15) is 9.50 Å². The highest BCUT2D eigenvalue weighted by atomic mass is 19.1. The van der Waals surface area contributed by atoms with Gasteiger partial charge >= 0.3 is 0 Å². The molecule has 3 fully saturated rings. The molecule has 2 bridgehead atoms. The number of piperidine rings is 2. The van der Waals surface area contributed by atoms with Gasteiger partial charge in [0.15, 0.2) is 6.17 Å². The second-order valence-electron chi connectivity index (χ2n) is 7.68. The van der Waals surface area contributed by atoms with Gasteiger partial charge in [-0.1, -0.05) is 5.21 Å². The number of phenolic OH excluding ortho intramolecular Hbond substituents is 1. The van der Waals surface area contributed by atoms with Crippen molar-refractivity contribution in [1.29, 1.82) is 0 Å². The molecule has 1 saturated carbocycles. The van der Waals surface area contributed by atoms with Crippen LogP contribution in [-0.4, -0.2) is 67.1 Å². The fourth-order valence-corrected chi connectivity index (χ4v) is 4.40. The highest BCUT2D eigenvalue weighted by Crippen LogP contribution is 2.38. The number of alkyl halides is 1. The lowest BCUT2D eigenvalue weighted by Crippen LogP contribution is -2.61. The van der Waals surface area contributed by atoms with Gasteiger partial charge in [-0.2, -0.15) is 0 Å². The lowest BCUT2D eigenvalue weighted by molar-refractivity contribution is -0.0891. The molecule has 6 rings (SSSR count). The Bertz CT molecular complexity index is 995. The van der Waals surface area contributed by atoms with Crippen molar-refractivity contribution >= 4 is 0 Å². The number of aromatic hydroxyl groups is 1. The number of rotatable bonds is 4. The van der Waals surface area contributed by atoms with Crippen LogP contribution < -0.4 is 4.74 Å². The van der Waals surface area contributed by atoms with Gasteiger partial charge in [-0.05, 0) is 38.1 Å². The predicted molar refractivity (Wildman–Crippen MR) is 103 cm³/mol. The number of hydrogen-bond acceptors (Lipinski definition) is 7. The normalized spacial score (nSPS) is 26.6. The summed E-state index contributed by atoms with van der Waals surface area (Å²) in [7, 11) is 1.97. The van der Waals surface area contributed by atoms with Gasteiger partial charge in [0.05, 0.1) is 23.8 Å². The zero-order valence-electron chi connectivity index (χ0n) is 15.9. The average Bonchev–Trinajstić information content (AvgIpc) is 3.26. The van der Waals surface area contributed by atoms with E-state index in [2.05, 4.69) is 25.4 Å². The van der Waals surface area contributed by atoms with Crippen LogP contribution in [0.15, 0.2) is 42.7 Å². The van der Waals surface area contributed by atoms with Crippen molar-refractivity contribution in [3.63, 3.8) is 0 Å². The number of hydrogen-bond donors (Lipinski definition) is 1. The maximum atomic E-state index is 14.8. The molecule has 3 aromatic rings. The summed E-state index contributed by atoms with van der Waals surface area (Å²) < 4.78 is 22.2. The molecular weight excluding hydrogens is 375 g/mol. The third-order valence-corrected chi connectivity index (χ3v) is 5.91. The van der Waals surface area contributed by atoms with Crippen LogP contribution in [0, 0.1) is 5.92 Å². The topological polar surface area (TPSA) is 89.2 Å². The highest BCUT2D eigenvalue weighted by molar-refractivity contribution is 5.68. The van der Waals surface area contributed by atoms with Crippen LogP contribution in [-0.2, 0) is 0 Å². The molecule has 0 amide bonds. The van der Waals surface area contributed by atoms with Gasteiger partial charge in [0.1, 0.15) is 11.9 Å². The number of halogens is 1. The monoisotopic (exact) mass is 396 g/mol. The first-order valence-electron chi connectivity index (χ1n) is 9.65. The standard InChI is InChI=1S/C20H21FN6O2/c1-26-11-12-2-6-16(26)19(21)20(12)29-18-7-5-15(23-24-18)14-4-3-13(10-17(14)28)27-9-8-22-25-27/h3-5,7-10,12,16,19-20,28H,2,6,11H2,1H3/t12-,16?,19?,20?/m1/s1. The SMILES string of the molecule is CN1C[C@H]2CCC1C(F)C2Oc1ccc(-c2ccc(-n3ccnn3)cc2O)nn1. The minimum absolute atomic E-state index is 0.0532. The second-order valence-corrected chi connectivity index (χ2v) is 7.68. The van der Waals surface area contributed by atoms with Gasteiger partial charge in [-0.25, -0.2) is 9.07 Å². The van der Waals surface area contributed by atoms with E-state index in [1.165, 1.54) is 0 Å². The molecule has 29 heavy (non-hydrogen) atoms. The number of fused-ring (bicyclic) bond motifs is 3. The number of ether oxygens (including phenoxy) is 1. The van der Waals surface area contributed by atoms with Crippen LogP contribution in [0.2, 0.25) is 0 Å². The Balaban J connectivity index is 1.33. The minimum atomic E-state index is -1.03. The van der Waals surface area contributed by atoms with Crippen LogP contribution in [0.4, 0.5) is 4.39 Å². The Morgan fingerprint density at radius 1 is 1.17 bits per heavy atom. The quantitative estimate of drug-likeness (QED) is 0.723. The Labute approximate surface area is 166 Å². The molecule has 1 N–H and O–H groups in total. The summed E-state index contributed by atoms with van der Waals surface area (Å²) in [6, 6.07) is 8.43. The van der Waals surface area contributed by atoms with Gasteiger partial charge in [-0.3, -0.25) is 4.90 Å². The first-order chi connectivity index (χ1) is 14.1. The summed E-state index contributed by atoms with van der Waals surface area (Å²) in [6.45, 7) is 0.841. The van der Waals surface area contributed by atoms with E-state index in [1.807, 2.05) is 7.05 Å². The number of benzene rings is 1. The minimum Gasteiger partial charge on any atom is -0.507 e. The van der Waals surface area contributed by atoms with E-state index in [0.717, 1.165) is 19.4 Å². The van der Waals surface area contributed by atoms with Crippen molar-refractivity contribution in [3.05, 3.63) is 42.7 Å². The molecule has 2 aromatic heterocycles. The van der Waals surface area contributed by atoms with Gasteiger partial charge in [0.2, 0.25) is 5.88 Å². The van der Waals surface area contributed by atoms with Crippen molar-refractivity contribution in [2.24, 2.45) is 5.92 Å². The van der Waals surface area contributed by atoms with Gasteiger partial charge in [0, 0.05) is 36.2 Å². The second kappa shape index (κ2) is 7.07. The largest absolute Gasteiger partial charge is 0.507 e. The fourth-order valence-electron chi connectivity index (χ4n) is 4.40. The van der Waals surface area contributed by atoms with Crippen LogP contribution in [0.25, 0.3) is 16.9 Å². The molecule has 8 nitrogen and oxygen atoms in total. The van der Waals surface area contributed by atoms with E-state index in [4.69, 9.17) is 4.74 Å². The van der Waals surface area contributed by atoms with Gasteiger partial charge in [0.25, 0.3) is 0 Å². The molecule has 4 heterocycles. The van der Waals surface area contributed by atoms with E-state index in [1.54, 1.807) is 47.4 Å². The van der Waals surface area contributed by atoms with E-state index in [0.29, 0.717) is 22.8 Å². The van der Waals surface area contributed by atoms with Crippen molar-refractivity contribution in [2.75, 3.05) is 13.6 Å². The van der Waals surface area contributed by atoms with Gasteiger partial charge < -0.3 is 9.84 Å². The molecule has 2 aliphatic heterocycles. The van der Waals surface area contributed by atoms with Crippen molar-refractivity contribution in [2.45, 2.75) is 31.2 Å². The van der Waals surface area contributed by atoms with Crippen molar-refractivity contribution < 1.29 is 14.2 Å². The van der Waals surface area contributed by atoms with Crippen LogP contribution in [0.5, 0.6) is 11.6 Å². The predicted octanol–water partition coefficient (Wildman–Crippen LogP) is 2.24. The summed E-state index contributed by atoms with van der Waals surface area (Å²) >= 11 is 0. The maximum Gasteiger partial charge on any atom is 0.233 e. The van der Waals surface area contributed by atoms with Crippen molar-refractivity contribution in [3.8, 4) is 28.6 Å². The summed E-state index contributed by atoms with van der Waals surface area (Å²) in [5, 5.41) is 26.3. The zero-order chi connectivity index (χ0) is 20.0. The third kappa shape index (κ3) is 3.21. The lowest BCUT2D eigenvalue weighted by Gasteiger charge is -2.49. The number of phenols is 1. The Morgan fingerprint density at radius 3 is 2.72 bits per heavy atom. The fraction of sp³-hybridized carbons (Fsp3) is 0.400. The molecule has 2 saturated heterocycles. The molecule has 9 heteroatoms. The van der Waals surface area contributed by atoms with Crippen LogP contribution >= 0.6 is 0 Å². The van der Waals surface area contributed by atoms with Crippen LogP contribution in [0.1, 0.15) is 12.8 Å². The smallest absolute Gasteiger partial charge is 0.233 e. The summed E-state index contributed by atoms with van der Waals surface area (Å²) in [6.07, 6.45) is 3.58. The number of nitrogens with zero attached hydrogens (tertiary/aromatic N) is 6. The van der Waals surface area contributed by atoms with E-state index < -0.39 is 12.3 Å². The van der Waals surface area contributed by atoms with Gasteiger partial charge in [-0.15, -0.1) is 15.3 Å². The molecule has 4 atom stereocenters. The molecule has 0 radical (unpaired) electrons. The molecule has 3 aliphatic rings. The van der Waals surface area contributed by atoms with E-state index in [-0.39, 0.29) is 17.7 Å². The number of aromatic nitrogens is 5. The summed E-state index contributed by atoms with van der Waals surface area (Å²) in [4.78, 5) is 2.08. The highest BCUT2D eigenvalue weighted by Gasteiger charge is 2.48. The summed E-state index contributed by atoms with van der Waals surface area (Å²) in [5.41, 5.74) is 1.72. The average molecular weight is 396 g/mol. The lowest BCUT2D eigenvalue weighted by atomic mass is 9.76. The van der Waals surface area contributed by atoms with Crippen molar-refractivity contribution in [1.82, 2.24) is 30.1 Å². The molecule has 150 valence electrons. The summed E-state index contributed by atoms with van der Waals surface area (Å²) in [5.74, 6) is 0.516. The zero-order valence-corrected chi connectivity index (χ0v) is 15.9. The van der Waals surface area contributed by atoms with E-state index >= 15 is 0 Å². The first-order valence-corrected chi connectivity index (χ1v) is 9.65. The Kier molecular flexibility index (Phi) is 4.39. The molecule has 3 unspecified atom stereocenters. The first kappa shape index (κ1) is 18.0. The Hall–Kier alpha value is -3.07. The molecule has 0 spiro atoms. The third-order valence-electron chi connectivity index (χ3n) is 5.91. The maximum absolute atomic E-state index is 14.8. The van der Waals surface area contributed by atoms with Crippen LogP contribution in [0.3, 0.4) is 0 Å². The molecule has 1 aliphatic carbocycles. The molecular formula is C20H21FN6O2. The molecule has 1 aromatic carbocycles. The Morgan fingerprint density at radius 2 is 2.07 bits per heavy atom.